The van der Waals surface area contributed by atoms with Gasteiger partial charge in [0.25, 0.3) is 0 Å². The largest absolute Gasteiger partial charge is 0.372 e. The van der Waals surface area contributed by atoms with Gasteiger partial charge < -0.3 is 4.74 Å². The van der Waals surface area contributed by atoms with Crippen LogP contribution in [0.3, 0.4) is 0 Å². The summed E-state index contributed by atoms with van der Waals surface area (Å²) in [5.41, 5.74) is 2.41. The molecule has 0 saturated carbocycles. The Morgan fingerprint density at radius 3 is 2.73 bits per heavy atom. The number of fused-ring (bicyclic) bond motifs is 1. The lowest BCUT2D eigenvalue weighted by Gasteiger charge is -2.28. The minimum atomic E-state index is -3.52. The Morgan fingerprint density at radius 2 is 2.00 bits per heavy atom. The van der Waals surface area contributed by atoms with Crippen LogP contribution in [0.2, 0.25) is 0 Å². The van der Waals surface area contributed by atoms with Gasteiger partial charge in [0.2, 0.25) is 10.0 Å². The molecule has 2 heterocycles. The molecule has 22 heavy (non-hydrogen) atoms. The first-order valence-corrected chi connectivity index (χ1v) is 8.56. The topological polar surface area (TPSA) is 59.5 Å². The van der Waals surface area contributed by atoms with Crippen molar-refractivity contribution >= 4 is 10.0 Å². The maximum absolute atomic E-state index is 12.5. The highest BCUT2D eigenvalue weighted by molar-refractivity contribution is 7.89. The standard InChI is InChI=1S/C16H18N2O3S/c1-18(22(19,20)16-7-4-8-17-10-16)11-15-9-13-5-2-3-6-14(13)12-21-15/h2-8,10,15H,9,11-12H2,1H3/t15-/m0/s1. The van der Waals surface area contributed by atoms with Gasteiger partial charge in [-0.05, 0) is 23.3 Å². The number of sulfonamides is 1. The number of rotatable bonds is 4. The fourth-order valence-electron chi connectivity index (χ4n) is 2.59. The predicted octanol–water partition coefficient (Wildman–Crippen LogP) is 1.84. The van der Waals surface area contributed by atoms with E-state index < -0.39 is 10.0 Å². The molecular formula is C16H18N2O3S. The highest BCUT2D eigenvalue weighted by atomic mass is 32.2. The van der Waals surface area contributed by atoms with Gasteiger partial charge >= 0.3 is 0 Å². The van der Waals surface area contributed by atoms with Crippen LogP contribution in [0, 0.1) is 0 Å². The second-order valence-electron chi connectivity index (χ2n) is 5.38. The minimum Gasteiger partial charge on any atom is -0.372 e. The highest BCUT2D eigenvalue weighted by Gasteiger charge is 2.26. The van der Waals surface area contributed by atoms with E-state index in [1.165, 1.54) is 21.6 Å². The van der Waals surface area contributed by atoms with Crippen LogP contribution < -0.4 is 0 Å². The molecule has 1 aliphatic heterocycles. The summed E-state index contributed by atoms with van der Waals surface area (Å²) in [5, 5.41) is 0. The molecule has 0 saturated heterocycles. The van der Waals surface area contributed by atoms with Gasteiger partial charge in [0.1, 0.15) is 4.90 Å². The molecule has 0 unspecified atom stereocenters. The average Bonchev–Trinajstić information content (AvgIpc) is 2.55. The fourth-order valence-corrected chi connectivity index (χ4v) is 3.76. The first-order chi connectivity index (χ1) is 10.6. The molecule has 0 bridgehead atoms. The Hall–Kier alpha value is -1.76. The molecule has 0 N–H and O–H groups in total. The number of likely N-dealkylation sites (N-methyl/N-ethyl adjacent to an activating group) is 1. The van der Waals surface area contributed by atoms with Gasteiger partial charge in [-0.2, -0.15) is 4.31 Å². The van der Waals surface area contributed by atoms with Crippen LogP contribution in [-0.4, -0.2) is 37.4 Å². The zero-order valence-corrected chi connectivity index (χ0v) is 13.2. The second-order valence-corrected chi connectivity index (χ2v) is 7.43. The van der Waals surface area contributed by atoms with E-state index in [9.17, 15) is 8.42 Å². The average molecular weight is 318 g/mol. The summed E-state index contributed by atoms with van der Waals surface area (Å²) in [7, 11) is -1.95. The zero-order chi connectivity index (χ0) is 15.6. The van der Waals surface area contributed by atoms with Crippen molar-refractivity contribution in [2.45, 2.75) is 24.0 Å². The Balaban J connectivity index is 1.72. The normalized spacial score (nSPS) is 18.2. The summed E-state index contributed by atoms with van der Waals surface area (Å²) >= 11 is 0. The second kappa shape index (κ2) is 6.16. The number of benzene rings is 1. The van der Waals surface area contributed by atoms with E-state index >= 15 is 0 Å². The molecule has 0 amide bonds. The molecule has 1 aromatic heterocycles. The third-order valence-electron chi connectivity index (χ3n) is 3.84. The third kappa shape index (κ3) is 3.04. The molecular weight excluding hydrogens is 300 g/mol. The van der Waals surface area contributed by atoms with E-state index in [1.54, 1.807) is 25.4 Å². The fraction of sp³-hybridized carbons (Fsp3) is 0.312. The van der Waals surface area contributed by atoms with E-state index in [0.717, 1.165) is 6.42 Å². The van der Waals surface area contributed by atoms with E-state index in [-0.39, 0.29) is 11.0 Å². The Labute approximate surface area is 130 Å². The van der Waals surface area contributed by atoms with Crippen molar-refractivity contribution in [3.8, 4) is 0 Å². The van der Waals surface area contributed by atoms with Crippen LogP contribution in [-0.2, 0) is 27.8 Å². The van der Waals surface area contributed by atoms with Gasteiger partial charge in [-0.3, -0.25) is 4.98 Å². The number of hydrogen-bond donors (Lipinski definition) is 0. The zero-order valence-electron chi connectivity index (χ0n) is 12.3. The Kier molecular flexibility index (Phi) is 4.24. The van der Waals surface area contributed by atoms with Crippen molar-refractivity contribution in [3.63, 3.8) is 0 Å². The van der Waals surface area contributed by atoms with Crippen LogP contribution in [0.4, 0.5) is 0 Å². The first kappa shape index (κ1) is 15.1. The van der Waals surface area contributed by atoms with Crippen molar-refractivity contribution in [2.75, 3.05) is 13.6 Å². The maximum Gasteiger partial charge on any atom is 0.244 e. The molecule has 1 atom stereocenters. The monoisotopic (exact) mass is 318 g/mol. The van der Waals surface area contributed by atoms with Crippen LogP contribution in [0.5, 0.6) is 0 Å². The molecule has 5 nitrogen and oxygen atoms in total. The number of aromatic nitrogens is 1. The number of pyridine rings is 1. The number of hydrogen-bond acceptors (Lipinski definition) is 4. The van der Waals surface area contributed by atoms with Gasteiger partial charge in [0.15, 0.2) is 0 Å². The van der Waals surface area contributed by atoms with Gasteiger partial charge in [-0.25, -0.2) is 8.42 Å². The molecule has 6 heteroatoms. The quantitative estimate of drug-likeness (QED) is 0.863. The van der Waals surface area contributed by atoms with Crippen LogP contribution in [0.25, 0.3) is 0 Å². The van der Waals surface area contributed by atoms with Crippen molar-refractivity contribution in [1.82, 2.24) is 9.29 Å². The Bertz CT molecular complexity index is 747. The third-order valence-corrected chi connectivity index (χ3v) is 5.65. The molecule has 116 valence electrons. The first-order valence-electron chi connectivity index (χ1n) is 7.12. The maximum atomic E-state index is 12.5. The summed E-state index contributed by atoms with van der Waals surface area (Å²) < 4.78 is 32.1. The summed E-state index contributed by atoms with van der Waals surface area (Å²) in [5.74, 6) is 0. The summed E-state index contributed by atoms with van der Waals surface area (Å²) in [6.45, 7) is 0.854. The highest BCUT2D eigenvalue weighted by Crippen LogP contribution is 2.22. The lowest BCUT2D eigenvalue weighted by Crippen LogP contribution is -2.38. The van der Waals surface area contributed by atoms with Gasteiger partial charge in [0.05, 0.1) is 12.7 Å². The van der Waals surface area contributed by atoms with Gasteiger partial charge in [-0.1, -0.05) is 24.3 Å². The summed E-state index contributed by atoms with van der Waals surface area (Å²) in [6.07, 6.45) is 3.51. The molecule has 0 fully saturated rings. The molecule has 0 spiro atoms. The molecule has 2 aromatic rings. The Morgan fingerprint density at radius 1 is 1.23 bits per heavy atom. The van der Waals surface area contributed by atoms with Crippen molar-refractivity contribution in [3.05, 3.63) is 59.9 Å². The van der Waals surface area contributed by atoms with E-state index in [4.69, 9.17) is 4.74 Å². The SMILES string of the molecule is CN(C[C@@H]1Cc2ccccc2CO1)S(=O)(=O)c1cccnc1. The van der Waals surface area contributed by atoms with E-state index in [2.05, 4.69) is 11.1 Å². The smallest absolute Gasteiger partial charge is 0.244 e. The predicted molar refractivity (Wildman–Crippen MR) is 82.8 cm³/mol. The van der Waals surface area contributed by atoms with Crippen molar-refractivity contribution < 1.29 is 13.2 Å². The molecule has 1 aromatic carbocycles. The van der Waals surface area contributed by atoms with Crippen molar-refractivity contribution in [2.24, 2.45) is 0 Å². The molecule has 1 aliphatic rings. The summed E-state index contributed by atoms with van der Waals surface area (Å²) in [6, 6.07) is 11.3. The van der Waals surface area contributed by atoms with E-state index in [1.807, 2.05) is 18.2 Å². The van der Waals surface area contributed by atoms with Gasteiger partial charge in [0, 0.05) is 32.4 Å². The van der Waals surface area contributed by atoms with Crippen molar-refractivity contribution in [1.29, 1.82) is 0 Å². The molecule has 0 radical (unpaired) electrons. The van der Waals surface area contributed by atoms with Gasteiger partial charge in [-0.15, -0.1) is 0 Å². The van der Waals surface area contributed by atoms with Crippen LogP contribution >= 0.6 is 0 Å². The lowest BCUT2D eigenvalue weighted by molar-refractivity contribution is 0.0202. The lowest BCUT2D eigenvalue weighted by atomic mass is 9.99. The number of ether oxygens (including phenoxy) is 1. The molecule has 3 rings (SSSR count). The molecule has 0 aliphatic carbocycles. The summed E-state index contributed by atoms with van der Waals surface area (Å²) in [4.78, 5) is 4.08. The van der Waals surface area contributed by atoms with Crippen LogP contribution in [0.15, 0.2) is 53.7 Å². The van der Waals surface area contributed by atoms with Crippen LogP contribution in [0.1, 0.15) is 11.1 Å². The van der Waals surface area contributed by atoms with E-state index in [0.29, 0.717) is 13.2 Å². The minimum absolute atomic E-state index is 0.133. The number of nitrogens with zero attached hydrogens (tertiary/aromatic N) is 2.